The standard InChI is InChI=1S/C18H33N3O3S/c1-15-5-8-21(9-6-15)18(20-13-17-4-2-3-10-24-17)19-12-16-7-11-25(22,23)14-16/h15-17H,2-14H2,1H3,(H,19,20). The molecule has 0 saturated carbocycles. The van der Waals surface area contributed by atoms with Crippen LogP contribution in [-0.2, 0) is 14.6 Å². The van der Waals surface area contributed by atoms with E-state index in [1.54, 1.807) is 0 Å². The Bertz CT molecular complexity index is 550. The number of hydrogen-bond donors (Lipinski definition) is 1. The molecule has 2 atom stereocenters. The molecule has 3 heterocycles. The van der Waals surface area contributed by atoms with Gasteiger partial charge in [-0.05, 0) is 50.4 Å². The second-order valence-electron chi connectivity index (χ2n) is 7.97. The number of nitrogens with zero attached hydrogens (tertiary/aromatic N) is 2. The zero-order chi connectivity index (χ0) is 17.7. The lowest BCUT2D eigenvalue weighted by molar-refractivity contribution is 0.0190. The van der Waals surface area contributed by atoms with Crippen LogP contribution in [0.2, 0.25) is 0 Å². The Morgan fingerprint density at radius 3 is 2.64 bits per heavy atom. The summed E-state index contributed by atoms with van der Waals surface area (Å²) in [6.45, 7) is 6.64. The van der Waals surface area contributed by atoms with Gasteiger partial charge in [0.2, 0.25) is 0 Å². The van der Waals surface area contributed by atoms with Crippen LogP contribution in [0.15, 0.2) is 4.99 Å². The molecule has 0 aliphatic carbocycles. The SMILES string of the molecule is CC1CCN(C(=NCC2CCS(=O)(=O)C2)NCC2CCCCO2)CC1. The van der Waals surface area contributed by atoms with Crippen molar-refractivity contribution in [3.8, 4) is 0 Å². The smallest absolute Gasteiger partial charge is 0.194 e. The summed E-state index contributed by atoms with van der Waals surface area (Å²) in [7, 11) is -2.83. The molecule has 144 valence electrons. The highest BCUT2D eigenvalue weighted by Crippen LogP contribution is 2.20. The molecule has 2 unspecified atom stereocenters. The quantitative estimate of drug-likeness (QED) is 0.601. The van der Waals surface area contributed by atoms with E-state index < -0.39 is 9.84 Å². The van der Waals surface area contributed by atoms with Gasteiger partial charge < -0.3 is 15.0 Å². The summed E-state index contributed by atoms with van der Waals surface area (Å²) in [6.07, 6.45) is 6.92. The number of nitrogens with one attached hydrogen (secondary N) is 1. The van der Waals surface area contributed by atoms with Crippen LogP contribution in [0.1, 0.15) is 45.4 Å². The molecular formula is C18H33N3O3S. The zero-order valence-corrected chi connectivity index (χ0v) is 16.3. The molecule has 3 aliphatic heterocycles. The zero-order valence-electron chi connectivity index (χ0n) is 15.5. The maximum absolute atomic E-state index is 11.7. The molecule has 0 aromatic carbocycles. The minimum absolute atomic E-state index is 0.177. The van der Waals surface area contributed by atoms with Crippen LogP contribution in [-0.4, -0.2) is 69.7 Å². The summed E-state index contributed by atoms with van der Waals surface area (Å²) in [4.78, 5) is 7.16. The van der Waals surface area contributed by atoms with E-state index in [4.69, 9.17) is 9.73 Å². The van der Waals surface area contributed by atoms with Gasteiger partial charge in [-0.25, -0.2) is 8.42 Å². The lowest BCUT2D eigenvalue weighted by Gasteiger charge is -2.34. The molecule has 0 aromatic rings. The van der Waals surface area contributed by atoms with Crippen LogP contribution in [0.4, 0.5) is 0 Å². The van der Waals surface area contributed by atoms with Crippen molar-refractivity contribution in [2.45, 2.75) is 51.6 Å². The fourth-order valence-corrected chi connectivity index (χ4v) is 5.74. The summed E-state index contributed by atoms with van der Waals surface area (Å²) in [5.41, 5.74) is 0. The first-order chi connectivity index (χ1) is 12.0. The normalized spacial score (nSPS) is 31.2. The predicted molar refractivity (Wildman–Crippen MR) is 101 cm³/mol. The highest BCUT2D eigenvalue weighted by atomic mass is 32.2. The Hall–Kier alpha value is -0.820. The molecule has 0 aromatic heterocycles. The average molecular weight is 372 g/mol. The van der Waals surface area contributed by atoms with Gasteiger partial charge in [-0.2, -0.15) is 0 Å². The highest BCUT2D eigenvalue weighted by Gasteiger charge is 2.28. The lowest BCUT2D eigenvalue weighted by Crippen LogP contribution is -2.48. The number of piperidine rings is 1. The molecule has 3 aliphatic rings. The van der Waals surface area contributed by atoms with Crippen LogP contribution >= 0.6 is 0 Å². The van der Waals surface area contributed by atoms with Crippen LogP contribution in [0.25, 0.3) is 0 Å². The average Bonchev–Trinajstić information content (AvgIpc) is 2.96. The second kappa shape index (κ2) is 8.71. The van der Waals surface area contributed by atoms with Gasteiger partial charge in [-0.1, -0.05) is 6.92 Å². The molecule has 0 bridgehead atoms. The number of sulfone groups is 1. The van der Waals surface area contributed by atoms with Gasteiger partial charge in [0.05, 0.1) is 17.6 Å². The van der Waals surface area contributed by atoms with Crippen molar-refractivity contribution in [3.63, 3.8) is 0 Å². The number of aliphatic imine (C=N–C) groups is 1. The molecular weight excluding hydrogens is 338 g/mol. The van der Waals surface area contributed by atoms with E-state index in [9.17, 15) is 8.42 Å². The molecule has 25 heavy (non-hydrogen) atoms. The largest absolute Gasteiger partial charge is 0.376 e. The summed E-state index contributed by atoms with van der Waals surface area (Å²) < 4.78 is 29.2. The maximum Gasteiger partial charge on any atom is 0.194 e. The van der Waals surface area contributed by atoms with E-state index >= 15 is 0 Å². The van der Waals surface area contributed by atoms with Crippen LogP contribution in [0, 0.1) is 11.8 Å². The summed E-state index contributed by atoms with van der Waals surface area (Å²) in [6, 6.07) is 0. The third-order valence-corrected chi connectivity index (χ3v) is 7.51. The molecule has 6 nitrogen and oxygen atoms in total. The van der Waals surface area contributed by atoms with Crippen molar-refractivity contribution in [1.82, 2.24) is 10.2 Å². The number of likely N-dealkylation sites (tertiary alicyclic amines) is 1. The van der Waals surface area contributed by atoms with Gasteiger partial charge in [0.25, 0.3) is 0 Å². The van der Waals surface area contributed by atoms with Gasteiger partial charge in [-0.3, -0.25) is 4.99 Å². The third kappa shape index (κ3) is 5.84. The molecule has 0 spiro atoms. The molecule has 7 heteroatoms. The Morgan fingerprint density at radius 2 is 2.00 bits per heavy atom. The van der Waals surface area contributed by atoms with Crippen molar-refractivity contribution in [3.05, 3.63) is 0 Å². The van der Waals surface area contributed by atoms with Crippen LogP contribution in [0.3, 0.4) is 0 Å². The number of ether oxygens (including phenoxy) is 1. The van der Waals surface area contributed by atoms with Crippen molar-refractivity contribution >= 4 is 15.8 Å². The Kier molecular flexibility index (Phi) is 6.61. The predicted octanol–water partition coefficient (Wildman–Crippen LogP) is 1.67. The lowest BCUT2D eigenvalue weighted by atomic mass is 9.99. The van der Waals surface area contributed by atoms with E-state index in [0.717, 1.165) is 57.4 Å². The van der Waals surface area contributed by atoms with E-state index in [-0.39, 0.29) is 12.0 Å². The first-order valence-electron chi connectivity index (χ1n) is 9.87. The van der Waals surface area contributed by atoms with Gasteiger partial charge in [-0.15, -0.1) is 0 Å². The molecule has 3 fully saturated rings. The molecule has 3 saturated heterocycles. The summed E-state index contributed by atoms with van der Waals surface area (Å²) >= 11 is 0. The fourth-order valence-electron chi connectivity index (χ4n) is 3.89. The van der Waals surface area contributed by atoms with E-state index in [0.29, 0.717) is 18.1 Å². The Balaban J connectivity index is 1.57. The fraction of sp³-hybridized carbons (Fsp3) is 0.944. The van der Waals surface area contributed by atoms with Crippen molar-refractivity contribution in [2.24, 2.45) is 16.8 Å². The molecule has 3 rings (SSSR count). The number of hydrogen-bond acceptors (Lipinski definition) is 4. The van der Waals surface area contributed by atoms with Gasteiger partial charge in [0.1, 0.15) is 0 Å². The minimum atomic E-state index is -2.83. The van der Waals surface area contributed by atoms with Crippen LogP contribution < -0.4 is 5.32 Å². The minimum Gasteiger partial charge on any atom is -0.376 e. The monoisotopic (exact) mass is 371 g/mol. The first-order valence-corrected chi connectivity index (χ1v) is 11.7. The highest BCUT2D eigenvalue weighted by molar-refractivity contribution is 7.91. The Morgan fingerprint density at radius 1 is 1.20 bits per heavy atom. The molecule has 0 radical (unpaired) electrons. The molecule has 0 amide bonds. The molecule has 1 N–H and O–H groups in total. The van der Waals surface area contributed by atoms with E-state index in [2.05, 4.69) is 17.1 Å². The maximum atomic E-state index is 11.7. The summed E-state index contributed by atoms with van der Waals surface area (Å²) in [5.74, 6) is 2.53. The van der Waals surface area contributed by atoms with Gasteiger partial charge in [0.15, 0.2) is 15.8 Å². The topological polar surface area (TPSA) is 71.0 Å². The second-order valence-corrected chi connectivity index (χ2v) is 10.2. The van der Waals surface area contributed by atoms with E-state index in [1.165, 1.54) is 19.3 Å². The van der Waals surface area contributed by atoms with Gasteiger partial charge in [0, 0.05) is 32.8 Å². The van der Waals surface area contributed by atoms with Crippen molar-refractivity contribution < 1.29 is 13.2 Å². The number of rotatable bonds is 4. The summed E-state index contributed by atoms with van der Waals surface area (Å²) in [5, 5.41) is 3.52. The van der Waals surface area contributed by atoms with Gasteiger partial charge >= 0.3 is 0 Å². The Labute approximate surface area is 152 Å². The van der Waals surface area contributed by atoms with Crippen molar-refractivity contribution in [1.29, 1.82) is 0 Å². The van der Waals surface area contributed by atoms with Crippen molar-refractivity contribution in [2.75, 3.05) is 44.3 Å². The first kappa shape index (κ1) is 19.0. The third-order valence-electron chi connectivity index (χ3n) is 5.67. The van der Waals surface area contributed by atoms with Crippen LogP contribution in [0.5, 0.6) is 0 Å². The number of guanidine groups is 1. The van der Waals surface area contributed by atoms with E-state index in [1.807, 2.05) is 0 Å².